The van der Waals surface area contributed by atoms with Crippen molar-refractivity contribution in [2.75, 3.05) is 50.8 Å². The van der Waals surface area contributed by atoms with Gasteiger partial charge in [0, 0.05) is 18.9 Å². The van der Waals surface area contributed by atoms with Crippen LogP contribution in [0.1, 0.15) is 52.7 Å². The summed E-state index contributed by atoms with van der Waals surface area (Å²) in [7, 11) is 4.49. The lowest BCUT2D eigenvalue weighted by molar-refractivity contribution is -0.128. The predicted octanol–water partition coefficient (Wildman–Crippen LogP) is 5.93. The highest BCUT2D eigenvalue weighted by Gasteiger charge is 2.38. The maximum Gasteiger partial charge on any atom is 0.407 e. The lowest BCUT2D eigenvalue weighted by Gasteiger charge is -2.27. The molecule has 0 spiro atoms. The minimum Gasteiger partial charge on any atom is -0.497 e. The summed E-state index contributed by atoms with van der Waals surface area (Å²) in [6, 6.07) is 30.3. The number of benzene rings is 5. The van der Waals surface area contributed by atoms with Gasteiger partial charge in [0.2, 0.25) is 11.8 Å². The van der Waals surface area contributed by atoms with Gasteiger partial charge >= 0.3 is 12.1 Å². The molecule has 304 valence electrons. The topological polar surface area (TPSA) is 156 Å². The van der Waals surface area contributed by atoms with Crippen LogP contribution in [0.15, 0.2) is 103 Å². The van der Waals surface area contributed by atoms with E-state index >= 15 is 0 Å². The van der Waals surface area contributed by atoms with Crippen LogP contribution in [0.3, 0.4) is 0 Å². The highest BCUT2D eigenvalue weighted by atomic mass is 16.5. The zero-order chi connectivity index (χ0) is 41.6. The predicted molar refractivity (Wildman–Crippen MR) is 225 cm³/mol. The number of hydrogen-bond acceptors (Lipinski definition) is 9. The van der Waals surface area contributed by atoms with Crippen LogP contribution < -0.4 is 30.5 Å². The number of nitrogens with one attached hydrogen (secondary N) is 3. The van der Waals surface area contributed by atoms with Crippen molar-refractivity contribution in [2.24, 2.45) is 0 Å². The van der Waals surface area contributed by atoms with Gasteiger partial charge in [-0.3, -0.25) is 14.4 Å². The molecule has 13 heteroatoms. The van der Waals surface area contributed by atoms with Gasteiger partial charge in [-0.2, -0.15) is 0 Å². The normalized spacial score (nSPS) is 15.1. The first-order valence-electron chi connectivity index (χ1n) is 19.6. The van der Waals surface area contributed by atoms with E-state index in [2.05, 4.69) is 40.2 Å². The van der Waals surface area contributed by atoms with Crippen molar-refractivity contribution in [3.05, 3.63) is 125 Å². The number of methoxy groups -OCH3 is 2. The van der Waals surface area contributed by atoms with Crippen molar-refractivity contribution < 1.29 is 38.2 Å². The largest absolute Gasteiger partial charge is 0.497 e. The Balaban J connectivity index is 1.10. The average Bonchev–Trinajstić information content (AvgIpc) is 3.53. The number of anilines is 2. The zero-order valence-corrected chi connectivity index (χ0v) is 33.5. The second-order valence-electron chi connectivity index (χ2n) is 14.5. The SMILES string of the molecule is CN[C@@H](C)C(=O)N[C@H]1CN(C(=O)CCCNC(=O)OCC2c3ccccc3-c3ccccc32)c2ccccc2N(Cc2c(C(=O)OC)ccc3cc(OC)ccc23)C1=O. The fourth-order valence-corrected chi connectivity index (χ4v) is 7.86. The molecule has 0 aromatic heterocycles. The molecule has 1 aliphatic heterocycles. The summed E-state index contributed by atoms with van der Waals surface area (Å²) in [5.41, 5.74) is 6.15. The molecular weight excluding hydrogens is 751 g/mol. The van der Waals surface area contributed by atoms with Crippen molar-refractivity contribution in [1.82, 2.24) is 16.0 Å². The number of rotatable bonds is 13. The molecule has 7 rings (SSSR count). The summed E-state index contributed by atoms with van der Waals surface area (Å²) in [6.45, 7) is 1.78. The highest BCUT2D eigenvalue weighted by molar-refractivity contribution is 6.09. The standard InChI is InChI=1S/C46H47N5O8/c1-28(47-2)43(53)49-39-26-50(42(52)18-11-23-48-46(56)59-27-38-34-14-7-5-12-32(34)33-13-6-8-15-35(33)38)40-16-9-10-17-41(40)51(44(39)54)25-37-31-22-20-30(57-3)24-29(31)19-21-36(37)45(55)58-4/h5-10,12-17,19-22,24,28,38-39,47H,11,18,23,25-27H2,1-4H3,(H,48,56)(H,49,53)/t28-,39-/m0/s1. The van der Waals surface area contributed by atoms with Crippen molar-refractivity contribution in [3.8, 4) is 16.9 Å². The number of carbonyl (C=O) groups excluding carboxylic acids is 5. The minimum atomic E-state index is -1.15. The van der Waals surface area contributed by atoms with Gasteiger partial charge < -0.3 is 40.0 Å². The van der Waals surface area contributed by atoms with Crippen LogP contribution in [-0.4, -0.2) is 82.8 Å². The summed E-state index contributed by atoms with van der Waals surface area (Å²) < 4.78 is 16.3. The van der Waals surface area contributed by atoms with E-state index in [1.165, 1.54) is 16.9 Å². The number of fused-ring (bicyclic) bond motifs is 5. The first kappa shape index (κ1) is 40.5. The van der Waals surface area contributed by atoms with Crippen molar-refractivity contribution in [1.29, 1.82) is 0 Å². The molecular formula is C46H47N5O8. The maximum absolute atomic E-state index is 14.7. The van der Waals surface area contributed by atoms with E-state index in [0.29, 0.717) is 28.1 Å². The van der Waals surface area contributed by atoms with Crippen LogP contribution in [0, 0.1) is 0 Å². The molecule has 1 heterocycles. The van der Waals surface area contributed by atoms with Crippen LogP contribution in [0.2, 0.25) is 0 Å². The second-order valence-corrected chi connectivity index (χ2v) is 14.5. The summed E-state index contributed by atoms with van der Waals surface area (Å²) in [6.07, 6.45) is -0.271. The van der Waals surface area contributed by atoms with Crippen molar-refractivity contribution >= 4 is 51.9 Å². The second kappa shape index (κ2) is 17.8. The Hall–Kier alpha value is -6.73. The summed E-state index contributed by atoms with van der Waals surface area (Å²) >= 11 is 0. The third kappa shape index (κ3) is 8.33. The number of ether oxygens (including phenoxy) is 3. The minimum absolute atomic E-state index is 0.0252. The summed E-state index contributed by atoms with van der Waals surface area (Å²) in [4.78, 5) is 71.2. The quantitative estimate of drug-likeness (QED) is 0.0972. The van der Waals surface area contributed by atoms with Gasteiger partial charge in [-0.1, -0.05) is 72.8 Å². The number of carbonyl (C=O) groups is 5. The molecule has 2 aliphatic rings. The van der Waals surface area contributed by atoms with E-state index in [4.69, 9.17) is 14.2 Å². The number of hydrogen-bond donors (Lipinski definition) is 3. The highest BCUT2D eigenvalue weighted by Crippen LogP contribution is 2.44. The van der Waals surface area contributed by atoms with E-state index in [9.17, 15) is 24.0 Å². The molecule has 5 aromatic rings. The summed E-state index contributed by atoms with van der Waals surface area (Å²) in [5.74, 6) is -1.25. The smallest absolute Gasteiger partial charge is 0.407 e. The third-order valence-corrected chi connectivity index (χ3v) is 11.1. The van der Waals surface area contributed by atoms with Crippen molar-refractivity contribution in [3.63, 3.8) is 0 Å². The Morgan fingerprint density at radius 2 is 1.53 bits per heavy atom. The fraction of sp³-hybridized carbons (Fsp3) is 0.283. The summed E-state index contributed by atoms with van der Waals surface area (Å²) in [5, 5.41) is 10.0. The Morgan fingerprint density at radius 1 is 0.847 bits per heavy atom. The molecule has 0 saturated carbocycles. The van der Waals surface area contributed by atoms with Crippen LogP contribution in [0.4, 0.5) is 16.2 Å². The molecule has 0 unspecified atom stereocenters. The molecule has 0 bridgehead atoms. The zero-order valence-electron chi connectivity index (χ0n) is 33.5. The van der Waals surface area contributed by atoms with Gasteiger partial charge in [-0.15, -0.1) is 0 Å². The first-order valence-corrected chi connectivity index (χ1v) is 19.6. The molecule has 1 aliphatic carbocycles. The Labute approximate surface area is 342 Å². The number of likely N-dealkylation sites (N-methyl/N-ethyl adjacent to an activating group) is 1. The molecule has 0 saturated heterocycles. The van der Waals surface area contributed by atoms with Crippen LogP contribution in [0.25, 0.3) is 21.9 Å². The molecule has 5 aromatic carbocycles. The molecule has 13 nitrogen and oxygen atoms in total. The van der Waals surface area contributed by atoms with E-state index < -0.39 is 36.0 Å². The Bertz CT molecular complexity index is 2370. The monoisotopic (exact) mass is 797 g/mol. The fourth-order valence-electron chi connectivity index (χ4n) is 7.86. The Kier molecular flexibility index (Phi) is 12.2. The lowest BCUT2D eigenvalue weighted by atomic mass is 9.97. The maximum atomic E-state index is 14.7. The Morgan fingerprint density at radius 3 is 2.20 bits per heavy atom. The molecule has 3 N–H and O–H groups in total. The lowest BCUT2D eigenvalue weighted by Crippen LogP contribution is -2.55. The molecule has 59 heavy (non-hydrogen) atoms. The molecule has 4 amide bonds. The number of nitrogens with zero attached hydrogens (tertiary/aromatic N) is 2. The molecule has 0 radical (unpaired) electrons. The van der Waals surface area contributed by atoms with E-state index in [0.717, 1.165) is 27.6 Å². The van der Waals surface area contributed by atoms with Gasteiger partial charge in [-0.25, -0.2) is 9.59 Å². The van der Waals surface area contributed by atoms with Crippen molar-refractivity contribution in [2.45, 2.75) is 44.3 Å². The van der Waals surface area contributed by atoms with Gasteiger partial charge in [0.1, 0.15) is 18.4 Å². The average molecular weight is 798 g/mol. The third-order valence-electron chi connectivity index (χ3n) is 11.1. The molecule has 0 fully saturated rings. The van der Waals surface area contributed by atoms with Gasteiger partial charge in [0.05, 0.1) is 50.3 Å². The van der Waals surface area contributed by atoms with E-state index in [1.807, 2.05) is 36.4 Å². The van der Waals surface area contributed by atoms with Gasteiger partial charge in [-0.05, 0) is 89.3 Å². The number of alkyl carbamates (subject to hydrolysis) is 1. The van der Waals surface area contributed by atoms with Gasteiger partial charge in [0.15, 0.2) is 0 Å². The number of esters is 1. The van der Waals surface area contributed by atoms with Crippen LogP contribution >= 0.6 is 0 Å². The number of para-hydroxylation sites is 2. The van der Waals surface area contributed by atoms with E-state index in [1.54, 1.807) is 63.5 Å². The van der Waals surface area contributed by atoms with Gasteiger partial charge in [0.25, 0.3) is 5.91 Å². The number of amides is 4. The first-order chi connectivity index (χ1) is 28.6. The molecule has 2 atom stereocenters. The van der Waals surface area contributed by atoms with Crippen LogP contribution in [-0.2, 0) is 30.4 Å². The van der Waals surface area contributed by atoms with Crippen LogP contribution in [0.5, 0.6) is 5.75 Å². The van der Waals surface area contributed by atoms with E-state index in [-0.39, 0.29) is 56.5 Å².